The summed E-state index contributed by atoms with van der Waals surface area (Å²) in [6.45, 7) is 6.71. The highest BCUT2D eigenvalue weighted by atomic mass is 79.9. The van der Waals surface area contributed by atoms with Crippen molar-refractivity contribution >= 4 is 39.8 Å². The summed E-state index contributed by atoms with van der Waals surface area (Å²) in [6.07, 6.45) is 1.08. The van der Waals surface area contributed by atoms with Gasteiger partial charge in [-0.05, 0) is 25.5 Å². The number of fused-ring (bicyclic) bond motifs is 1. The predicted molar refractivity (Wildman–Crippen MR) is 85.5 cm³/mol. The number of hydrogen-bond donors (Lipinski definition) is 2. The maximum Gasteiger partial charge on any atom is 0.219 e. The van der Waals surface area contributed by atoms with E-state index >= 15 is 0 Å². The third-order valence-corrected chi connectivity index (χ3v) is 2.78. The second-order valence-electron chi connectivity index (χ2n) is 4.14. The van der Waals surface area contributed by atoms with E-state index in [9.17, 15) is 0 Å². The van der Waals surface area contributed by atoms with Crippen molar-refractivity contribution < 1.29 is 4.74 Å². The van der Waals surface area contributed by atoms with Crippen LogP contribution in [0.4, 0.5) is 5.82 Å². The van der Waals surface area contributed by atoms with Gasteiger partial charge in [0, 0.05) is 24.7 Å². The molecule has 18 heavy (non-hydrogen) atoms. The molecule has 1 aliphatic rings. The molecule has 0 aromatic carbocycles. The Hall–Kier alpha value is -0.330. The summed E-state index contributed by atoms with van der Waals surface area (Å²) in [4.78, 5) is 4.49. The van der Waals surface area contributed by atoms with Crippen LogP contribution in [0.5, 0.6) is 5.88 Å². The Labute approximate surface area is 129 Å². The molecule has 1 aliphatic heterocycles. The molecule has 1 aromatic heterocycles. The number of pyridine rings is 1. The molecule has 0 fully saturated rings. The molecule has 1 aromatic rings. The summed E-state index contributed by atoms with van der Waals surface area (Å²) < 4.78 is 5.59. The number of ether oxygens (including phenoxy) is 1. The lowest BCUT2D eigenvalue weighted by atomic mass is 10.2. The van der Waals surface area contributed by atoms with Crippen LogP contribution in [-0.4, -0.2) is 24.2 Å². The van der Waals surface area contributed by atoms with Gasteiger partial charge in [0.05, 0.1) is 0 Å². The van der Waals surface area contributed by atoms with E-state index in [4.69, 9.17) is 4.74 Å². The molecule has 0 aliphatic carbocycles. The minimum Gasteiger partial charge on any atom is -0.476 e. The standard InChI is InChI=1S/C12H19N3O.2BrH/c1-3-9(2)14-11-5-4-10-8-13-6-7-16-12(10)15-11;;/h4-5,9,13H,3,6-8H2,1-2H3,(H,14,15);2*1H. The van der Waals surface area contributed by atoms with E-state index in [2.05, 4.69) is 35.5 Å². The summed E-state index contributed by atoms with van der Waals surface area (Å²) >= 11 is 0. The number of hydrogen-bond acceptors (Lipinski definition) is 4. The van der Waals surface area contributed by atoms with E-state index in [0.29, 0.717) is 12.6 Å². The molecule has 2 heterocycles. The highest BCUT2D eigenvalue weighted by Crippen LogP contribution is 2.20. The van der Waals surface area contributed by atoms with Gasteiger partial charge in [-0.2, -0.15) is 4.98 Å². The van der Waals surface area contributed by atoms with Crippen molar-refractivity contribution in [3.05, 3.63) is 17.7 Å². The first-order chi connectivity index (χ1) is 7.79. The molecule has 0 saturated carbocycles. The van der Waals surface area contributed by atoms with Crippen LogP contribution in [0.1, 0.15) is 25.8 Å². The van der Waals surface area contributed by atoms with Crippen LogP contribution in [0.15, 0.2) is 12.1 Å². The van der Waals surface area contributed by atoms with E-state index in [1.165, 1.54) is 0 Å². The summed E-state index contributed by atoms with van der Waals surface area (Å²) in [5.41, 5.74) is 1.13. The van der Waals surface area contributed by atoms with Crippen LogP contribution in [0.25, 0.3) is 0 Å². The Morgan fingerprint density at radius 3 is 2.94 bits per heavy atom. The van der Waals surface area contributed by atoms with Crippen molar-refractivity contribution in [3.8, 4) is 5.88 Å². The van der Waals surface area contributed by atoms with Gasteiger partial charge in [-0.1, -0.05) is 6.92 Å². The second kappa shape index (κ2) is 8.72. The topological polar surface area (TPSA) is 46.2 Å². The summed E-state index contributed by atoms with van der Waals surface area (Å²) in [5, 5.41) is 6.64. The van der Waals surface area contributed by atoms with Crippen LogP contribution < -0.4 is 15.4 Å². The van der Waals surface area contributed by atoms with Crippen LogP contribution in [-0.2, 0) is 6.54 Å². The molecule has 0 amide bonds. The lowest BCUT2D eigenvalue weighted by Gasteiger charge is -2.13. The molecular formula is C12H21Br2N3O. The lowest BCUT2D eigenvalue weighted by Crippen LogP contribution is -2.16. The molecule has 6 heteroatoms. The minimum absolute atomic E-state index is 0. The molecule has 0 bridgehead atoms. The van der Waals surface area contributed by atoms with Gasteiger partial charge in [0.2, 0.25) is 5.88 Å². The average Bonchev–Trinajstić information content (AvgIpc) is 2.53. The van der Waals surface area contributed by atoms with Crippen molar-refractivity contribution in [2.75, 3.05) is 18.5 Å². The molecule has 4 nitrogen and oxygen atoms in total. The number of anilines is 1. The predicted octanol–water partition coefficient (Wildman–Crippen LogP) is 2.93. The van der Waals surface area contributed by atoms with Crippen LogP contribution in [0.3, 0.4) is 0 Å². The van der Waals surface area contributed by atoms with Gasteiger partial charge in [-0.15, -0.1) is 34.0 Å². The Kier molecular flexibility index (Phi) is 8.56. The third-order valence-electron chi connectivity index (χ3n) is 2.78. The number of nitrogens with one attached hydrogen (secondary N) is 2. The minimum atomic E-state index is 0. The molecule has 1 atom stereocenters. The zero-order valence-corrected chi connectivity index (χ0v) is 14.2. The molecular weight excluding hydrogens is 362 g/mol. The third kappa shape index (κ3) is 4.74. The largest absolute Gasteiger partial charge is 0.476 e. The second-order valence-corrected chi connectivity index (χ2v) is 4.14. The van der Waals surface area contributed by atoms with E-state index in [1.807, 2.05) is 6.07 Å². The van der Waals surface area contributed by atoms with Crippen LogP contribution >= 0.6 is 34.0 Å². The van der Waals surface area contributed by atoms with Crippen LogP contribution in [0.2, 0.25) is 0 Å². The maximum absolute atomic E-state index is 5.59. The highest BCUT2D eigenvalue weighted by Gasteiger charge is 2.11. The molecule has 0 spiro atoms. The molecule has 0 saturated heterocycles. The molecule has 0 radical (unpaired) electrons. The molecule has 2 rings (SSSR count). The smallest absolute Gasteiger partial charge is 0.219 e. The fourth-order valence-electron chi connectivity index (χ4n) is 1.61. The monoisotopic (exact) mass is 381 g/mol. The number of aromatic nitrogens is 1. The Balaban J connectivity index is 0.00000144. The highest BCUT2D eigenvalue weighted by molar-refractivity contribution is 8.93. The average molecular weight is 383 g/mol. The molecule has 1 unspecified atom stereocenters. The van der Waals surface area contributed by atoms with Gasteiger partial charge in [0.25, 0.3) is 0 Å². The van der Waals surface area contributed by atoms with E-state index < -0.39 is 0 Å². The normalized spacial score (nSPS) is 15.0. The van der Waals surface area contributed by atoms with Crippen molar-refractivity contribution in [2.45, 2.75) is 32.9 Å². The first-order valence-corrected chi connectivity index (χ1v) is 5.89. The van der Waals surface area contributed by atoms with E-state index in [0.717, 1.165) is 36.8 Å². The summed E-state index contributed by atoms with van der Waals surface area (Å²) in [7, 11) is 0. The zero-order valence-electron chi connectivity index (χ0n) is 10.7. The van der Waals surface area contributed by atoms with Gasteiger partial charge < -0.3 is 15.4 Å². The van der Waals surface area contributed by atoms with Crippen molar-refractivity contribution in [2.24, 2.45) is 0 Å². The number of halogens is 2. The van der Waals surface area contributed by atoms with Gasteiger partial charge in [-0.25, -0.2) is 0 Å². The molecule has 104 valence electrons. The fourth-order valence-corrected chi connectivity index (χ4v) is 1.61. The lowest BCUT2D eigenvalue weighted by molar-refractivity contribution is 0.314. The quantitative estimate of drug-likeness (QED) is 0.843. The molecule has 2 N–H and O–H groups in total. The van der Waals surface area contributed by atoms with Crippen LogP contribution in [0, 0.1) is 0 Å². The Bertz CT molecular complexity index is 363. The maximum atomic E-state index is 5.59. The number of rotatable bonds is 3. The van der Waals surface area contributed by atoms with Gasteiger partial charge >= 0.3 is 0 Å². The van der Waals surface area contributed by atoms with Gasteiger partial charge in [0.15, 0.2) is 0 Å². The first-order valence-electron chi connectivity index (χ1n) is 5.89. The zero-order chi connectivity index (χ0) is 11.4. The van der Waals surface area contributed by atoms with Crippen molar-refractivity contribution in [1.29, 1.82) is 0 Å². The van der Waals surface area contributed by atoms with E-state index in [-0.39, 0.29) is 34.0 Å². The summed E-state index contributed by atoms with van der Waals surface area (Å²) in [6, 6.07) is 4.53. The van der Waals surface area contributed by atoms with Crippen molar-refractivity contribution in [3.63, 3.8) is 0 Å². The Morgan fingerprint density at radius 2 is 2.22 bits per heavy atom. The fraction of sp³-hybridized carbons (Fsp3) is 0.583. The Morgan fingerprint density at radius 1 is 1.44 bits per heavy atom. The summed E-state index contributed by atoms with van der Waals surface area (Å²) in [5.74, 6) is 1.66. The van der Waals surface area contributed by atoms with Crippen molar-refractivity contribution in [1.82, 2.24) is 10.3 Å². The number of nitrogens with zero attached hydrogens (tertiary/aromatic N) is 1. The van der Waals surface area contributed by atoms with E-state index in [1.54, 1.807) is 0 Å². The SMILES string of the molecule is Br.Br.CCC(C)Nc1ccc2c(n1)OCCNC2. The van der Waals surface area contributed by atoms with Gasteiger partial charge in [0.1, 0.15) is 12.4 Å². The van der Waals surface area contributed by atoms with Gasteiger partial charge in [-0.3, -0.25) is 0 Å². The first kappa shape index (κ1) is 17.7.